The Balaban J connectivity index is 2.57. The highest BCUT2D eigenvalue weighted by molar-refractivity contribution is 4.99. The number of nitrogens with zero attached hydrogens (tertiary/aromatic N) is 2. The van der Waals surface area contributed by atoms with Gasteiger partial charge in [-0.05, 0) is 27.2 Å². The Labute approximate surface area is 97.7 Å². The van der Waals surface area contributed by atoms with Gasteiger partial charge < -0.3 is 15.0 Å². The summed E-state index contributed by atoms with van der Waals surface area (Å²) in [5, 5.41) is 12.9. The van der Waals surface area contributed by atoms with E-state index in [0.717, 1.165) is 25.2 Å². The second-order valence-corrected chi connectivity index (χ2v) is 4.83. The Morgan fingerprint density at radius 1 is 1.56 bits per heavy atom. The summed E-state index contributed by atoms with van der Waals surface area (Å²) in [4.78, 5) is 4.15. The van der Waals surface area contributed by atoms with Gasteiger partial charge in [0, 0.05) is 24.8 Å². The molecule has 1 rings (SSSR count). The maximum absolute atomic E-state index is 9.60. The Kier molecular flexibility index (Phi) is 4.50. The molecular formula is C12H23N3O. The van der Waals surface area contributed by atoms with Crippen molar-refractivity contribution in [3.8, 4) is 0 Å². The predicted molar refractivity (Wildman–Crippen MR) is 65.1 cm³/mol. The lowest BCUT2D eigenvalue weighted by molar-refractivity contribution is 0.0952. The Hall–Kier alpha value is -0.870. The smallest absolute Gasteiger partial charge is 0.0948 e. The number of hydrogen-bond acceptors (Lipinski definition) is 3. The molecule has 0 bridgehead atoms. The molecule has 1 aromatic rings. The van der Waals surface area contributed by atoms with Crippen molar-refractivity contribution in [2.45, 2.75) is 58.8 Å². The highest BCUT2D eigenvalue weighted by Gasteiger charge is 2.23. The second kappa shape index (κ2) is 5.46. The summed E-state index contributed by atoms with van der Waals surface area (Å²) in [5.74, 6) is 0. The van der Waals surface area contributed by atoms with Crippen molar-refractivity contribution in [3.05, 3.63) is 18.2 Å². The molecule has 0 saturated heterocycles. The lowest BCUT2D eigenvalue weighted by atomic mass is 9.99. The van der Waals surface area contributed by atoms with E-state index in [4.69, 9.17) is 0 Å². The zero-order valence-corrected chi connectivity index (χ0v) is 10.7. The van der Waals surface area contributed by atoms with Crippen LogP contribution in [0, 0.1) is 0 Å². The van der Waals surface area contributed by atoms with Crippen molar-refractivity contribution in [3.63, 3.8) is 0 Å². The molecule has 0 aliphatic carbocycles. The van der Waals surface area contributed by atoms with Gasteiger partial charge in [-0.2, -0.15) is 0 Å². The average Bonchev–Trinajstić information content (AvgIpc) is 2.63. The van der Waals surface area contributed by atoms with Crippen molar-refractivity contribution in [1.29, 1.82) is 0 Å². The highest BCUT2D eigenvalue weighted by atomic mass is 16.3. The molecule has 0 aromatic carbocycles. The van der Waals surface area contributed by atoms with E-state index in [1.807, 2.05) is 26.4 Å². The SMILES string of the molecule is CCCn1cncc1CNC(C)(C)C(C)O. The molecule has 16 heavy (non-hydrogen) atoms. The van der Waals surface area contributed by atoms with Crippen LogP contribution in [0.4, 0.5) is 0 Å². The third-order valence-corrected chi connectivity index (χ3v) is 3.03. The van der Waals surface area contributed by atoms with Crippen LogP contribution < -0.4 is 5.32 Å². The molecule has 0 saturated carbocycles. The number of hydrogen-bond donors (Lipinski definition) is 2. The first-order valence-electron chi connectivity index (χ1n) is 5.89. The van der Waals surface area contributed by atoms with Crippen LogP contribution in [0.5, 0.6) is 0 Å². The van der Waals surface area contributed by atoms with E-state index in [1.54, 1.807) is 6.92 Å². The van der Waals surface area contributed by atoms with Crippen LogP contribution in [0.3, 0.4) is 0 Å². The minimum Gasteiger partial charge on any atom is -0.392 e. The first-order chi connectivity index (χ1) is 7.47. The van der Waals surface area contributed by atoms with Gasteiger partial charge in [0.15, 0.2) is 0 Å². The molecule has 0 radical (unpaired) electrons. The maximum atomic E-state index is 9.60. The van der Waals surface area contributed by atoms with Crippen molar-refractivity contribution >= 4 is 0 Å². The van der Waals surface area contributed by atoms with Crippen LogP contribution in [0.15, 0.2) is 12.5 Å². The van der Waals surface area contributed by atoms with Gasteiger partial charge >= 0.3 is 0 Å². The van der Waals surface area contributed by atoms with Crippen LogP contribution in [0.1, 0.15) is 39.8 Å². The quantitative estimate of drug-likeness (QED) is 0.772. The maximum Gasteiger partial charge on any atom is 0.0948 e. The summed E-state index contributed by atoms with van der Waals surface area (Å²) in [7, 11) is 0. The van der Waals surface area contributed by atoms with E-state index in [0.29, 0.717) is 0 Å². The first kappa shape index (κ1) is 13.2. The minimum absolute atomic E-state index is 0.276. The fourth-order valence-electron chi connectivity index (χ4n) is 1.40. The number of nitrogens with one attached hydrogen (secondary N) is 1. The molecule has 1 heterocycles. The summed E-state index contributed by atoms with van der Waals surface area (Å²) < 4.78 is 2.14. The fourth-order valence-corrected chi connectivity index (χ4v) is 1.40. The normalized spacial score (nSPS) is 14.1. The zero-order valence-electron chi connectivity index (χ0n) is 10.7. The Morgan fingerprint density at radius 2 is 2.25 bits per heavy atom. The van der Waals surface area contributed by atoms with E-state index in [2.05, 4.69) is 21.8 Å². The molecule has 92 valence electrons. The van der Waals surface area contributed by atoms with Gasteiger partial charge in [-0.3, -0.25) is 0 Å². The molecule has 0 fully saturated rings. The number of aromatic nitrogens is 2. The summed E-state index contributed by atoms with van der Waals surface area (Å²) in [6.45, 7) is 9.67. The van der Waals surface area contributed by atoms with E-state index in [9.17, 15) is 5.11 Å². The van der Waals surface area contributed by atoms with Crippen molar-refractivity contribution in [2.24, 2.45) is 0 Å². The minimum atomic E-state index is -0.380. The molecule has 0 aliphatic rings. The molecule has 1 unspecified atom stereocenters. The molecule has 4 nitrogen and oxygen atoms in total. The number of imidazole rings is 1. The van der Waals surface area contributed by atoms with Gasteiger partial charge in [0.1, 0.15) is 0 Å². The monoisotopic (exact) mass is 225 g/mol. The van der Waals surface area contributed by atoms with Gasteiger partial charge in [-0.1, -0.05) is 6.92 Å². The van der Waals surface area contributed by atoms with Crippen molar-refractivity contribution in [1.82, 2.24) is 14.9 Å². The third-order valence-electron chi connectivity index (χ3n) is 3.03. The molecule has 0 spiro atoms. The largest absolute Gasteiger partial charge is 0.392 e. The molecule has 0 amide bonds. The van der Waals surface area contributed by atoms with Crippen LogP contribution in [-0.4, -0.2) is 26.3 Å². The van der Waals surface area contributed by atoms with Crippen molar-refractivity contribution in [2.75, 3.05) is 0 Å². The van der Waals surface area contributed by atoms with E-state index < -0.39 is 0 Å². The number of aliphatic hydroxyl groups is 1. The standard InChI is InChI=1S/C12H23N3O/c1-5-6-15-9-13-7-11(15)8-14-12(3,4)10(2)16/h7,9-10,14,16H,5-6,8H2,1-4H3. The van der Waals surface area contributed by atoms with Gasteiger partial charge in [0.05, 0.1) is 18.1 Å². The molecule has 1 aromatic heterocycles. The predicted octanol–water partition coefficient (Wildman–Crippen LogP) is 1.54. The van der Waals surface area contributed by atoms with Gasteiger partial charge in [-0.15, -0.1) is 0 Å². The van der Waals surface area contributed by atoms with E-state index >= 15 is 0 Å². The summed E-state index contributed by atoms with van der Waals surface area (Å²) in [5.41, 5.74) is 0.886. The lowest BCUT2D eigenvalue weighted by Crippen LogP contribution is -2.47. The van der Waals surface area contributed by atoms with E-state index in [1.165, 1.54) is 0 Å². The van der Waals surface area contributed by atoms with Gasteiger partial charge in [-0.25, -0.2) is 4.98 Å². The first-order valence-corrected chi connectivity index (χ1v) is 5.89. The fraction of sp³-hybridized carbons (Fsp3) is 0.750. The molecule has 4 heteroatoms. The molecular weight excluding hydrogens is 202 g/mol. The topological polar surface area (TPSA) is 50.1 Å². The van der Waals surface area contributed by atoms with Crippen LogP contribution in [0.2, 0.25) is 0 Å². The third kappa shape index (κ3) is 3.32. The Morgan fingerprint density at radius 3 is 2.81 bits per heavy atom. The molecule has 1 atom stereocenters. The lowest BCUT2D eigenvalue weighted by Gasteiger charge is -2.29. The summed E-state index contributed by atoms with van der Waals surface area (Å²) >= 11 is 0. The molecule has 2 N–H and O–H groups in total. The van der Waals surface area contributed by atoms with Crippen LogP contribution >= 0.6 is 0 Å². The van der Waals surface area contributed by atoms with Crippen molar-refractivity contribution < 1.29 is 5.11 Å². The molecule has 0 aliphatic heterocycles. The second-order valence-electron chi connectivity index (χ2n) is 4.83. The average molecular weight is 225 g/mol. The highest BCUT2D eigenvalue weighted by Crippen LogP contribution is 2.10. The van der Waals surface area contributed by atoms with E-state index in [-0.39, 0.29) is 11.6 Å². The number of aliphatic hydroxyl groups excluding tert-OH is 1. The number of rotatable bonds is 6. The number of aryl methyl sites for hydroxylation is 1. The van der Waals surface area contributed by atoms with Gasteiger partial charge in [0.25, 0.3) is 0 Å². The van der Waals surface area contributed by atoms with Crippen LogP contribution in [0.25, 0.3) is 0 Å². The summed E-state index contributed by atoms with van der Waals surface area (Å²) in [6.07, 6.45) is 4.45. The Bertz CT molecular complexity index is 318. The van der Waals surface area contributed by atoms with Crippen LogP contribution in [-0.2, 0) is 13.1 Å². The summed E-state index contributed by atoms with van der Waals surface area (Å²) in [6, 6.07) is 0. The van der Waals surface area contributed by atoms with Gasteiger partial charge in [0.2, 0.25) is 0 Å². The zero-order chi connectivity index (χ0) is 12.2.